The first kappa shape index (κ1) is 8.84. The summed E-state index contributed by atoms with van der Waals surface area (Å²) in [5.74, 6) is 0. The quantitative estimate of drug-likeness (QED) is 0.771. The fourth-order valence-corrected chi connectivity index (χ4v) is 1.29. The van der Waals surface area contributed by atoms with Crippen molar-refractivity contribution in [2.45, 2.75) is 6.04 Å². The number of hydrogen-bond donors (Lipinski definition) is 1. The van der Waals surface area contributed by atoms with Gasteiger partial charge in [0.1, 0.15) is 0 Å². The van der Waals surface area contributed by atoms with Crippen LogP contribution < -0.4 is 5.73 Å². The Bertz CT molecular complexity index is 346. The van der Waals surface area contributed by atoms with Gasteiger partial charge in [-0.3, -0.25) is 9.97 Å². The molecule has 0 aliphatic rings. The third kappa shape index (κ3) is 1.78. The summed E-state index contributed by atoms with van der Waals surface area (Å²) in [5.41, 5.74) is 7.85. The lowest BCUT2D eigenvalue weighted by atomic mass is 10.1. The average Bonchev–Trinajstić information content (AvgIpc) is 2.30. The average molecular weight is 185 g/mol. The first-order chi connectivity index (χ1) is 6.88. The molecule has 2 heterocycles. The number of aromatic nitrogens is 2. The van der Waals surface area contributed by atoms with E-state index in [4.69, 9.17) is 5.73 Å². The molecule has 0 radical (unpaired) electrons. The first-order valence-electron chi connectivity index (χ1n) is 4.44. The van der Waals surface area contributed by atoms with Gasteiger partial charge in [-0.15, -0.1) is 0 Å². The molecule has 0 aliphatic carbocycles. The lowest BCUT2D eigenvalue weighted by Crippen LogP contribution is -2.13. The minimum atomic E-state index is -0.190. The van der Waals surface area contributed by atoms with Crippen LogP contribution in [0.5, 0.6) is 0 Å². The molecule has 0 fully saturated rings. The lowest BCUT2D eigenvalue weighted by Gasteiger charge is -2.09. The summed E-state index contributed by atoms with van der Waals surface area (Å²) >= 11 is 0. The SMILES string of the molecule is N[C@H](c1cccnc1)c1ccccn1. The zero-order valence-corrected chi connectivity index (χ0v) is 7.67. The van der Waals surface area contributed by atoms with E-state index in [2.05, 4.69) is 9.97 Å². The summed E-state index contributed by atoms with van der Waals surface area (Å²) in [7, 11) is 0. The van der Waals surface area contributed by atoms with Crippen LogP contribution in [0.2, 0.25) is 0 Å². The van der Waals surface area contributed by atoms with Gasteiger partial charge in [0.05, 0.1) is 11.7 Å². The maximum Gasteiger partial charge on any atom is 0.0741 e. The van der Waals surface area contributed by atoms with Crippen molar-refractivity contribution in [1.29, 1.82) is 0 Å². The van der Waals surface area contributed by atoms with Gasteiger partial charge in [0.25, 0.3) is 0 Å². The Kier molecular flexibility index (Phi) is 2.51. The third-order valence-corrected chi connectivity index (χ3v) is 2.05. The molecule has 14 heavy (non-hydrogen) atoms. The highest BCUT2D eigenvalue weighted by Gasteiger charge is 2.08. The van der Waals surface area contributed by atoms with E-state index in [-0.39, 0.29) is 6.04 Å². The second kappa shape index (κ2) is 3.98. The van der Waals surface area contributed by atoms with Crippen LogP contribution in [0.15, 0.2) is 48.9 Å². The smallest absolute Gasteiger partial charge is 0.0741 e. The van der Waals surface area contributed by atoms with Crippen molar-refractivity contribution < 1.29 is 0 Å². The molecule has 3 heteroatoms. The predicted molar refractivity (Wildman–Crippen MR) is 54.5 cm³/mol. The van der Waals surface area contributed by atoms with E-state index in [1.807, 2.05) is 30.3 Å². The Morgan fingerprint density at radius 2 is 2.00 bits per heavy atom. The maximum atomic E-state index is 6.01. The zero-order valence-electron chi connectivity index (χ0n) is 7.67. The van der Waals surface area contributed by atoms with Crippen molar-refractivity contribution in [3.05, 3.63) is 60.2 Å². The Balaban J connectivity index is 2.30. The molecule has 2 rings (SSSR count). The van der Waals surface area contributed by atoms with E-state index in [9.17, 15) is 0 Å². The highest BCUT2D eigenvalue weighted by atomic mass is 14.8. The van der Waals surface area contributed by atoms with E-state index in [0.717, 1.165) is 11.3 Å². The highest BCUT2D eigenvalue weighted by molar-refractivity contribution is 5.23. The molecule has 0 bridgehead atoms. The van der Waals surface area contributed by atoms with Gasteiger partial charge >= 0.3 is 0 Å². The van der Waals surface area contributed by atoms with E-state index in [1.54, 1.807) is 18.6 Å². The van der Waals surface area contributed by atoms with Gasteiger partial charge in [0.15, 0.2) is 0 Å². The van der Waals surface area contributed by atoms with Crippen LogP contribution in [0.4, 0.5) is 0 Å². The van der Waals surface area contributed by atoms with Crippen molar-refractivity contribution in [3.8, 4) is 0 Å². The second-order valence-electron chi connectivity index (χ2n) is 3.02. The maximum absolute atomic E-state index is 6.01. The van der Waals surface area contributed by atoms with Gasteiger partial charge in [0.2, 0.25) is 0 Å². The van der Waals surface area contributed by atoms with Crippen LogP contribution in [-0.4, -0.2) is 9.97 Å². The number of pyridine rings is 2. The molecule has 0 aliphatic heterocycles. The van der Waals surface area contributed by atoms with E-state index in [1.165, 1.54) is 0 Å². The molecule has 70 valence electrons. The van der Waals surface area contributed by atoms with Crippen LogP contribution in [-0.2, 0) is 0 Å². The lowest BCUT2D eigenvalue weighted by molar-refractivity contribution is 0.823. The second-order valence-corrected chi connectivity index (χ2v) is 3.02. The van der Waals surface area contributed by atoms with Crippen molar-refractivity contribution in [3.63, 3.8) is 0 Å². The van der Waals surface area contributed by atoms with Gasteiger partial charge in [-0.05, 0) is 23.8 Å². The van der Waals surface area contributed by atoms with Crippen LogP contribution in [0.1, 0.15) is 17.3 Å². The Hall–Kier alpha value is -1.74. The number of hydrogen-bond acceptors (Lipinski definition) is 3. The minimum Gasteiger partial charge on any atom is -0.319 e. The standard InChI is InChI=1S/C11H11N3/c12-11(9-4-3-6-13-8-9)10-5-1-2-7-14-10/h1-8,11H,12H2/t11-/m1/s1. The van der Waals surface area contributed by atoms with Crippen LogP contribution >= 0.6 is 0 Å². The molecule has 0 spiro atoms. The molecular weight excluding hydrogens is 174 g/mol. The highest BCUT2D eigenvalue weighted by Crippen LogP contribution is 2.15. The third-order valence-electron chi connectivity index (χ3n) is 2.05. The monoisotopic (exact) mass is 185 g/mol. The summed E-state index contributed by atoms with van der Waals surface area (Å²) in [5, 5.41) is 0. The summed E-state index contributed by atoms with van der Waals surface area (Å²) in [6, 6.07) is 9.35. The molecule has 0 amide bonds. The Labute approximate surface area is 82.6 Å². The van der Waals surface area contributed by atoms with Crippen molar-refractivity contribution >= 4 is 0 Å². The summed E-state index contributed by atoms with van der Waals surface area (Å²) < 4.78 is 0. The topological polar surface area (TPSA) is 51.8 Å². The van der Waals surface area contributed by atoms with E-state index < -0.39 is 0 Å². The summed E-state index contributed by atoms with van der Waals surface area (Å²) in [4.78, 5) is 8.23. The van der Waals surface area contributed by atoms with Crippen LogP contribution in [0, 0.1) is 0 Å². The van der Waals surface area contributed by atoms with E-state index >= 15 is 0 Å². The van der Waals surface area contributed by atoms with Gasteiger partial charge in [-0.2, -0.15) is 0 Å². The van der Waals surface area contributed by atoms with Gasteiger partial charge in [-0.1, -0.05) is 12.1 Å². The Morgan fingerprint density at radius 1 is 1.07 bits per heavy atom. The van der Waals surface area contributed by atoms with Gasteiger partial charge in [-0.25, -0.2) is 0 Å². The van der Waals surface area contributed by atoms with Gasteiger partial charge < -0.3 is 5.73 Å². The van der Waals surface area contributed by atoms with E-state index in [0.29, 0.717) is 0 Å². The minimum absolute atomic E-state index is 0.190. The summed E-state index contributed by atoms with van der Waals surface area (Å²) in [6.45, 7) is 0. The van der Waals surface area contributed by atoms with Crippen molar-refractivity contribution in [2.75, 3.05) is 0 Å². The van der Waals surface area contributed by atoms with Crippen LogP contribution in [0.3, 0.4) is 0 Å². The summed E-state index contributed by atoms with van der Waals surface area (Å²) in [6.07, 6.45) is 5.24. The van der Waals surface area contributed by atoms with Gasteiger partial charge in [0, 0.05) is 18.6 Å². The molecule has 1 atom stereocenters. The van der Waals surface area contributed by atoms with Crippen LogP contribution in [0.25, 0.3) is 0 Å². The molecule has 0 saturated carbocycles. The Morgan fingerprint density at radius 3 is 2.64 bits per heavy atom. The fourth-order valence-electron chi connectivity index (χ4n) is 1.29. The van der Waals surface area contributed by atoms with Crippen molar-refractivity contribution in [1.82, 2.24) is 9.97 Å². The molecule has 0 saturated heterocycles. The molecule has 3 nitrogen and oxygen atoms in total. The largest absolute Gasteiger partial charge is 0.319 e. The first-order valence-corrected chi connectivity index (χ1v) is 4.44. The predicted octanol–water partition coefficient (Wildman–Crippen LogP) is 1.52. The molecule has 2 aromatic rings. The molecule has 0 aromatic carbocycles. The number of nitrogens with zero attached hydrogens (tertiary/aromatic N) is 2. The number of nitrogens with two attached hydrogens (primary N) is 1. The molecule has 0 unspecified atom stereocenters. The number of rotatable bonds is 2. The molecular formula is C11H11N3. The zero-order chi connectivity index (χ0) is 9.80. The normalized spacial score (nSPS) is 12.4. The fraction of sp³-hybridized carbons (Fsp3) is 0.0909. The van der Waals surface area contributed by atoms with Crippen molar-refractivity contribution in [2.24, 2.45) is 5.73 Å². The molecule has 2 N–H and O–H groups in total. The molecule has 2 aromatic heterocycles.